The molecule has 0 fully saturated rings. The highest BCUT2D eigenvalue weighted by molar-refractivity contribution is 7.18. The smallest absolute Gasteiger partial charge is 0.306 e. The molecule has 0 spiro atoms. The second kappa shape index (κ2) is 36.6. The summed E-state index contributed by atoms with van der Waals surface area (Å²) >= 11 is 2.78. The highest BCUT2D eigenvalue weighted by atomic mass is 32.1. The molecule has 0 saturated carbocycles. The number of aliphatic hydroxyl groups is 3. The fraction of sp³-hybridized carbons (Fsp3) is 0.354. The molecule has 2 aliphatic rings. The zero-order chi connectivity index (χ0) is 65.0. The summed E-state index contributed by atoms with van der Waals surface area (Å²) in [5.74, 6) is -0.199. The number of amides is 1. The van der Waals surface area contributed by atoms with Gasteiger partial charge in [-0.1, -0.05) is 24.3 Å². The van der Waals surface area contributed by atoms with Crippen LogP contribution in [0.2, 0.25) is 0 Å². The van der Waals surface area contributed by atoms with Crippen molar-refractivity contribution < 1.29 is 91.1 Å². The number of esters is 1. The maximum atomic E-state index is 14.1. The molecule has 0 saturated heterocycles. The molecule has 7 aromatic rings. The van der Waals surface area contributed by atoms with Crippen LogP contribution in [0.25, 0.3) is 20.2 Å². The third-order valence-corrected chi connectivity index (χ3v) is 15.5. The van der Waals surface area contributed by atoms with Crippen LogP contribution in [-0.4, -0.2) is 153 Å². The molecule has 0 aliphatic carbocycles. The third-order valence-electron chi connectivity index (χ3n) is 13.5. The molecule has 2 aliphatic heterocycles. The summed E-state index contributed by atoms with van der Waals surface area (Å²) in [4.78, 5) is 70.9. The number of carboxylic acid groups (broad SMARTS) is 1. The van der Waals surface area contributed by atoms with Crippen LogP contribution in [0.4, 0.5) is 8.78 Å². The fourth-order valence-corrected chi connectivity index (χ4v) is 11.0. The molecule has 0 bridgehead atoms. The number of aliphatic carboxylic acids is 1. The van der Waals surface area contributed by atoms with E-state index in [2.05, 4.69) is 15.6 Å². The number of ketones is 3. The molecule has 25 heteroatoms. The number of methoxy groups -OCH3 is 3. The molecule has 0 atom stereocenters. The minimum atomic E-state index is -1.01. The van der Waals surface area contributed by atoms with Gasteiger partial charge >= 0.3 is 11.9 Å². The Kier molecular flexibility index (Phi) is 28.5. The number of carboxylic acids is 1. The van der Waals surface area contributed by atoms with Crippen molar-refractivity contribution in [2.75, 3.05) is 80.7 Å². The Morgan fingerprint density at radius 2 is 1.01 bits per heavy atom. The van der Waals surface area contributed by atoms with Crippen LogP contribution in [-0.2, 0) is 19.1 Å². The first-order valence-corrected chi connectivity index (χ1v) is 30.6. The van der Waals surface area contributed by atoms with Crippen LogP contribution < -0.4 is 33.8 Å². The molecule has 2 aromatic heterocycles. The summed E-state index contributed by atoms with van der Waals surface area (Å²) in [6.45, 7) is 3.46. The lowest BCUT2D eigenvalue weighted by molar-refractivity contribution is -0.143. The van der Waals surface area contributed by atoms with E-state index in [1.165, 1.54) is 67.2 Å². The Morgan fingerprint density at radius 3 is 1.43 bits per heavy atom. The molecule has 0 unspecified atom stereocenters. The number of Topliss-reactive ketones (excluding diaryl/α,β-unsaturated/α-hetero) is 3. The van der Waals surface area contributed by atoms with Crippen molar-refractivity contribution in [1.29, 1.82) is 0 Å². The predicted octanol–water partition coefficient (Wildman–Crippen LogP) is 10.2. The molecule has 4 heterocycles. The minimum absolute atomic E-state index is 0.0275. The normalized spacial score (nSPS) is 12.4. The number of carbonyl (C=O) groups excluding carboxylic acids is 5. The Morgan fingerprint density at radius 1 is 0.567 bits per heavy atom. The Hall–Kier alpha value is -8.88. The van der Waals surface area contributed by atoms with Gasteiger partial charge in [0.2, 0.25) is 5.91 Å². The van der Waals surface area contributed by atoms with Gasteiger partial charge in [0.25, 0.3) is 0 Å². The molecule has 90 heavy (non-hydrogen) atoms. The summed E-state index contributed by atoms with van der Waals surface area (Å²) in [6.07, 6.45) is 3.44. The second-order valence-electron chi connectivity index (χ2n) is 19.6. The van der Waals surface area contributed by atoms with Gasteiger partial charge in [-0.05, 0) is 99.3 Å². The number of benzene rings is 5. The van der Waals surface area contributed by atoms with E-state index >= 15 is 0 Å². The van der Waals surface area contributed by atoms with Crippen LogP contribution in [0.15, 0.2) is 112 Å². The highest BCUT2D eigenvalue weighted by Gasteiger charge is 2.24. The monoisotopic (exact) mass is 1280 g/mol. The molecular formula is C65H72F2N4O17S2. The second-order valence-corrected chi connectivity index (χ2v) is 21.3. The van der Waals surface area contributed by atoms with E-state index in [0.717, 1.165) is 63.8 Å². The first-order valence-electron chi connectivity index (χ1n) is 28.8. The van der Waals surface area contributed by atoms with Crippen molar-refractivity contribution in [3.8, 4) is 34.5 Å². The van der Waals surface area contributed by atoms with Gasteiger partial charge in [-0.3, -0.25) is 28.8 Å². The van der Waals surface area contributed by atoms with Crippen molar-refractivity contribution in [3.63, 3.8) is 0 Å². The number of aliphatic hydroxyl groups excluding tert-OH is 3. The minimum Gasteiger partial charge on any atom is -0.493 e. The van der Waals surface area contributed by atoms with E-state index in [4.69, 9.17) is 53.6 Å². The summed E-state index contributed by atoms with van der Waals surface area (Å²) < 4.78 is 65.1. The molecule has 5 N–H and O–H groups in total. The van der Waals surface area contributed by atoms with Gasteiger partial charge in [-0.15, -0.1) is 22.7 Å². The molecule has 21 nitrogen and oxygen atoms in total. The number of rotatable bonds is 27. The first-order chi connectivity index (χ1) is 43.6. The number of ether oxygens (including phenoxy) is 7. The Balaban J connectivity index is 0.000000200. The average molecular weight is 1280 g/mol. The van der Waals surface area contributed by atoms with Gasteiger partial charge in [0.15, 0.2) is 51.8 Å². The highest BCUT2D eigenvalue weighted by Crippen LogP contribution is 2.34. The fourth-order valence-electron chi connectivity index (χ4n) is 9.04. The zero-order valence-electron chi connectivity index (χ0n) is 50.3. The van der Waals surface area contributed by atoms with Gasteiger partial charge in [0.05, 0.1) is 81.4 Å². The number of fused-ring (bicyclic) bond motifs is 2. The van der Waals surface area contributed by atoms with Crippen molar-refractivity contribution in [3.05, 3.63) is 141 Å². The molecule has 9 rings (SSSR count). The number of carbonyl (C=O) groups is 6. The summed E-state index contributed by atoms with van der Waals surface area (Å²) in [6, 6.07) is 24.3. The molecule has 5 aromatic carbocycles. The number of nitrogens with zero attached hydrogens (tertiary/aromatic N) is 3. The maximum Gasteiger partial charge on any atom is 0.306 e. The summed E-state index contributed by atoms with van der Waals surface area (Å²) in [5.41, 5.74) is 7.95. The van der Waals surface area contributed by atoms with Crippen molar-refractivity contribution in [2.45, 2.75) is 71.1 Å². The van der Waals surface area contributed by atoms with Crippen LogP contribution in [0, 0.1) is 11.6 Å². The molecule has 480 valence electrons. The topological polar surface area (TPSA) is 288 Å². The SMILES string of the molecule is CCOC(=O)CCC(=O)c1ccc(OCCO)c(OC)c1.COc1cc(C(=O)CCC(=O)N2CCCC(c3csc4c(F)cccc34)=N2)ccc1OCCO.COc1cc(C(=O)CCC(=O)O)ccc1OCCO.Fc1cccc2c(C3=NNCCC3)csc12. The average Bonchev–Trinajstić information content (AvgIpc) is 4.18. The predicted molar refractivity (Wildman–Crippen MR) is 337 cm³/mol. The quantitative estimate of drug-likeness (QED) is 0.0236. The van der Waals surface area contributed by atoms with Crippen LogP contribution in [0.5, 0.6) is 34.5 Å². The zero-order valence-corrected chi connectivity index (χ0v) is 51.9. The van der Waals surface area contributed by atoms with Crippen molar-refractivity contribution in [1.82, 2.24) is 10.4 Å². The van der Waals surface area contributed by atoms with Crippen LogP contribution in [0.3, 0.4) is 0 Å². The standard InChI is InChI=1S/C25H25FN2O5S.C15H20O6.C13H16O6.C12H11FN2S/c1-32-23-14-16(7-9-22(23)33-13-12-29)21(30)8-10-24(31)28-11-3-6-20(27-28)18-15-34-25-17(18)4-2-5-19(25)26;1-3-20-15(18)7-5-12(17)11-4-6-13(21-9-8-16)14(10-11)19-2;1-18-12-8-9(10(15)3-5-13(16)17)2-4-11(12)19-7-6-14;13-10-4-1-3-8-9(7-16-12(8)10)11-5-2-6-14-15-11/h2,4-5,7,9,14-15,29H,3,6,8,10-13H2,1H3;4,6,10,16H,3,5,7-9H2,1-2H3;2,4,8,14H,3,5-7H2,1H3,(H,16,17);1,3-4,7,14H,2,5-6H2. The van der Waals surface area contributed by atoms with E-state index in [9.17, 15) is 37.5 Å². The van der Waals surface area contributed by atoms with Crippen LogP contribution >= 0.6 is 22.7 Å². The summed E-state index contributed by atoms with van der Waals surface area (Å²) in [7, 11) is 4.37. The van der Waals surface area contributed by atoms with Gasteiger partial charge < -0.3 is 59.0 Å². The number of nitrogens with one attached hydrogen (secondary N) is 1. The number of hydrogen-bond donors (Lipinski definition) is 5. The van der Waals surface area contributed by atoms with Gasteiger partial charge in [-0.2, -0.15) is 10.2 Å². The van der Waals surface area contributed by atoms with Gasteiger partial charge in [0, 0.05) is 88.1 Å². The largest absolute Gasteiger partial charge is 0.493 e. The third kappa shape index (κ3) is 20.3. The first kappa shape index (κ1) is 70.2. The molecular weight excluding hydrogens is 1210 g/mol. The van der Waals surface area contributed by atoms with E-state index < -0.39 is 5.97 Å². The Bertz CT molecular complexity index is 3640. The van der Waals surface area contributed by atoms with Crippen molar-refractivity contribution in [2.24, 2.45) is 10.2 Å². The number of thiophene rings is 2. The molecule has 1 amide bonds. The van der Waals surface area contributed by atoms with E-state index in [0.29, 0.717) is 75.5 Å². The number of halogens is 2. The Labute approximate surface area is 526 Å². The number of hydrogen-bond acceptors (Lipinski definition) is 21. The van der Waals surface area contributed by atoms with E-state index in [-0.39, 0.29) is 119 Å². The van der Waals surface area contributed by atoms with E-state index in [1.54, 1.807) is 67.6 Å². The molecule has 0 radical (unpaired) electrons. The van der Waals surface area contributed by atoms with Gasteiger partial charge in [-0.25, -0.2) is 13.8 Å². The number of hydrazone groups is 2. The lowest BCUT2D eigenvalue weighted by atomic mass is 10.0. The van der Waals surface area contributed by atoms with Crippen molar-refractivity contribution >= 4 is 89.5 Å². The lowest BCUT2D eigenvalue weighted by Crippen LogP contribution is -2.32. The maximum absolute atomic E-state index is 14.1. The van der Waals surface area contributed by atoms with Gasteiger partial charge in [0.1, 0.15) is 31.5 Å². The van der Waals surface area contributed by atoms with Crippen LogP contribution in [0.1, 0.15) is 113 Å². The van der Waals surface area contributed by atoms with E-state index in [1.807, 2.05) is 22.9 Å². The summed E-state index contributed by atoms with van der Waals surface area (Å²) in [5, 5.41) is 50.8. The lowest BCUT2D eigenvalue weighted by Gasteiger charge is -2.23.